The van der Waals surface area contributed by atoms with Crippen LogP contribution in [0, 0.1) is 0 Å². The lowest BCUT2D eigenvalue weighted by molar-refractivity contribution is 0.664. The average molecular weight is 715 g/mol. The molecule has 12 aromatic rings. The summed E-state index contributed by atoms with van der Waals surface area (Å²) in [5.74, 6) is 1.91. The van der Waals surface area contributed by atoms with Gasteiger partial charge in [0.25, 0.3) is 0 Å². The molecule has 0 N–H and O–H groups in total. The zero-order chi connectivity index (χ0) is 36.7. The Morgan fingerprint density at radius 2 is 0.821 bits per heavy atom. The molecule has 56 heavy (non-hydrogen) atoms. The number of hydrogen-bond acceptors (Lipinski definition) is 4. The van der Waals surface area contributed by atoms with E-state index in [9.17, 15) is 0 Å². The van der Waals surface area contributed by atoms with Crippen molar-refractivity contribution in [1.82, 2.24) is 19.5 Å². The Morgan fingerprint density at radius 1 is 0.321 bits per heavy atom. The van der Waals surface area contributed by atoms with Crippen LogP contribution in [0.2, 0.25) is 0 Å². The Bertz CT molecular complexity index is 3370. The van der Waals surface area contributed by atoms with Crippen molar-refractivity contribution in [2.75, 3.05) is 0 Å². The minimum atomic E-state index is 0.634. The molecule has 9 aromatic carbocycles. The van der Waals surface area contributed by atoms with Crippen LogP contribution in [0.15, 0.2) is 186 Å². The van der Waals surface area contributed by atoms with Gasteiger partial charge in [-0.05, 0) is 81.2 Å². The van der Waals surface area contributed by atoms with Gasteiger partial charge in [-0.15, -0.1) is 0 Å². The molecule has 260 valence electrons. The summed E-state index contributed by atoms with van der Waals surface area (Å²) in [4.78, 5) is 15.1. The van der Waals surface area contributed by atoms with Gasteiger partial charge in [0.2, 0.25) is 0 Å². The summed E-state index contributed by atoms with van der Waals surface area (Å²) in [5.41, 5.74) is 10.3. The lowest BCUT2D eigenvalue weighted by atomic mass is 10.00. The summed E-state index contributed by atoms with van der Waals surface area (Å²) in [6.07, 6.45) is 0. The van der Waals surface area contributed by atoms with Gasteiger partial charge in [-0.25, -0.2) is 15.0 Å². The molecule has 3 heterocycles. The van der Waals surface area contributed by atoms with E-state index in [0.717, 1.165) is 77.2 Å². The van der Waals surface area contributed by atoms with E-state index < -0.39 is 0 Å². The minimum absolute atomic E-state index is 0.634. The molecule has 5 heteroatoms. The van der Waals surface area contributed by atoms with Gasteiger partial charge in [-0.1, -0.05) is 133 Å². The van der Waals surface area contributed by atoms with E-state index in [1.54, 1.807) is 0 Å². The van der Waals surface area contributed by atoms with Crippen LogP contribution >= 0.6 is 0 Å². The zero-order valence-electron chi connectivity index (χ0n) is 30.0. The van der Waals surface area contributed by atoms with Crippen LogP contribution in [0.4, 0.5) is 0 Å². The maximum absolute atomic E-state index is 6.63. The first kappa shape index (κ1) is 30.8. The number of hydrogen-bond donors (Lipinski definition) is 0. The molecule has 0 unspecified atom stereocenters. The fourth-order valence-electron chi connectivity index (χ4n) is 8.57. The molecule has 0 fully saturated rings. The zero-order valence-corrected chi connectivity index (χ0v) is 30.0. The summed E-state index contributed by atoms with van der Waals surface area (Å²) >= 11 is 0. The monoisotopic (exact) mass is 714 g/mol. The van der Waals surface area contributed by atoms with Crippen LogP contribution in [-0.4, -0.2) is 19.5 Å². The van der Waals surface area contributed by atoms with Crippen LogP contribution in [0.5, 0.6) is 0 Å². The van der Waals surface area contributed by atoms with E-state index in [1.807, 2.05) is 36.4 Å². The molecular weight excluding hydrogens is 685 g/mol. The quantitative estimate of drug-likeness (QED) is 0.178. The van der Waals surface area contributed by atoms with Crippen LogP contribution < -0.4 is 0 Å². The van der Waals surface area contributed by atoms with Gasteiger partial charge in [0.15, 0.2) is 17.5 Å². The third-order valence-electron chi connectivity index (χ3n) is 11.2. The molecule has 0 spiro atoms. The van der Waals surface area contributed by atoms with Crippen LogP contribution in [0.3, 0.4) is 0 Å². The first-order chi connectivity index (χ1) is 27.7. The lowest BCUT2D eigenvalue weighted by Gasteiger charge is -2.12. The van der Waals surface area contributed by atoms with Gasteiger partial charge in [-0.2, -0.15) is 0 Å². The van der Waals surface area contributed by atoms with Crippen LogP contribution in [-0.2, 0) is 0 Å². The Balaban J connectivity index is 1.02. The summed E-state index contributed by atoms with van der Waals surface area (Å²) in [6.45, 7) is 0. The molecule has 0 saturated carbocycles. The molecule has 0 aliphatic carbocycles. The predicted molar refractivity (Wildman–Crippen MR) is 229 cm³/mol. The number of nitrogens with zero attached hydrogens (tertiary/aromatic N) is 4. The molecule has 0 bridgehead atoms. The third-order valence-corrected chi connectivity index (χ3v) is 11.2. The van der Waals surface area contributed by atoms with Crippen molar-refractivity contribution in [2.45, 2.75) is 0 Å². The molecular formula is C51H30N4O. The standard InChI is InChI=1S/C51H30N4O/c1-3-10-31(11-4-1)35-16-7-17-38(28-35)50-52-49(34-12-5-2-6-13-34)53-51(54-50)39-21-20-37-30-40(25-22-36(37)29-39)55-41-26-23-32-14-8-18-43-45(32)47(41)48-42(55)27-24-33-15-9-19-44(56-43)46(33)48/h1-30H. The largest absolute Gasteiger partial charge is 0.456 e. The maximum atomic E-state index is 6.63. The Morgan fingerprint density at radius 3 is 1.48 bits per heavy atom. The summed E-state index contributed by atoms with van der Waals surface area (Å²) in [6, 6.07) is 63.8. The number of rotatable bonds is 5. The van der Waals surface area contributed by atoms with Gasteiger partial charge < -0.3 is 8.98 Å². The SMILES string of the molecule is c1ccc(-c2cccc(-c3nc(-c4ccccc4)nc(-c4ccc5cc(-n6c7ccc8cccc9oc%10cccc%11ccc6c(c%11%10)c7c89)ccc5c4)n3)c2)cc1. The van der Waals surface area contributed by atoms with Crippen LogP contribution in [0.25, 0.3) is 116 Å². The highest BCUT2D eigenvalue weighted by molar-refractivity contribution is 6.33. The van der Waals surface area contributed by atoms with Gasteiger partial charge in [-0.3, -0.25) is 0 Å². The van der Waals surface area contributed by atoms with E-state index in [1.165, 1.54) is 21.5 Å². The molecule has 3 aromatic heterocycles. The average Bonchev–Trinajstić information content (AvgIpc) is 3.53. The molecule has 0 amide bonds. The summed E-state index contributed by atoms with van der Waals surface area (Å²) in [7, 11) is 0. The molecule has 0 atom stereocenters. The fraction of sp³-hybridized carbons (Fsp3) is 0. The van der Waals surface area contributed by atoms with Gasteiger partial charge in [0.05, 0.1) is 11.0 Å². The molecule has 0 aliphatic rings. The Labute approximate surface area is 321 Å². The second-order valence-corrected chi connectivity index (χ2v) is 14.4. The number of fused-ring (bicyclic) bond motifs is 1. The first-order valence-corrected chi connectivity index (χ1v) is 18.8. The van der Waals surface area contributed by atoms with E-state index in [0.29, 0.717) is 17.5 Å². The first-order valence-electron chi connectivity index (χ1n) is 18.8. The normalized spacial score (nSPS) is 11.9. The molecule has 0 saturated heterocycles. The molecule has 5 nitrogen and oxygen atoms in total. The van der Waals surface area contributed by atoms with Crippen molar-refractivity contribution in [3.63, 3.8) is 0 Å². The van der Waals surface area contributed by atoms with Crippen molar-refractivity contribution in [1.29, 1.82) is 0 Å². The predicted octanol–water partition coefficient (Wildman–Crippen LogP) is 13.3. The minimum Gasteiger partial charge on any atom is -0.456 e. The highest BCUT2D eigenvalue weighted by atomic mass is 16.3. The molecule has 12 rings (SSSR count). The van der Waals surface area contributed by atoms with Gasteiger partial charge in [0, 0.05) is 43.9 Å². The molecule has 0 radical (unpaired) electrons. The Hall–Kier alpha value is -7.63. The van der Waals surface area contributed by atoms with Gasteiger partial charge in [0.1, 0.15) is 11.2 Å². The van der Waals surface area contributed by atoms with E-state index >= 15 is 0 Å². The number of benzene rings is 9. The maximum Gasteiger partial charge on any atom is 0.164 e. The lowest BCUT2D eigenvalue weighted by Crippen LogP contribution is -2.00. The second kappa shape index (κ2) is 11.9. The highest BCUT2D eigenvalue weighted by Gasteiger charge is 2.21. The van der Waals surface area contributed by atoms with Crippen LogP contribution in [0.1, 0.15) is 0 Å². The Kier molecular flexibility index (Phi) is 6.56. The van der Waals surface area contributed by atoms with Crippen molar-refractivity contribution in [3.8, 4) is 51.0 Å². The topological polar surface area (TPSA) is 56.7 Å². The van der Waals surface area contributed by atoms with Crippen molar-refractivity contribution < 1.29 is 4.42 Å². The third kappa shape index (κ3) is 4.71. The molecule has 0 aliphatic heterocycles. The highest BCUT2D eigenvalue weighted by Crippen LogP contribution is 2.45. The summed E-state index contributed by atoms with van der Waals surface area (Å²) in [5, 5.41) is 9.35. The summed E-state index contributed by atoms with van der Waals surface area (Å²) < 4.78 is 9.04. The van der Waals surface area contributed by atoms with Crippen molar-refractivity contribution >= 4 is 65.3 Å². The fourth-order valence-corrected chi connectivity index (χ4v) is 8.57. The smallest absolute Gasteiger partial charge is 0.164 e. The van der Waals surface area contributed by atoms with Gasteiger partial charge >= 0.3 is 0 Å². The second-order valence-electron chi connectivity index (χ2n) is 14.4. The van der Waals surface area contributed by atoms with E-state index in [2.05, 4.69) is 150 Å². The van der Waals surface area contributed by atoms with Crippen molar-refractivity contribution in [2.24, 2.45) is 0 Å². The van der Waals surface area contributed by atoms with E-state index in [-0.39, 0.29) is 0 Å². The van der Waals surface area contributed by atoms with Crippen molar-refractivity contribution in [3.05, 3.63) is 182 Å². The van der Waals surface area contributed by atoms with E-state index in [4.69, 9.17) is 19.4 Å². The number of aromatic nitrogens is 4.